The zero-order valence-electron chi connectivity index (χ0n) is 10.9. The summed E-state index contributed by atoms with van der Waals surface area (Å²) in [6.07, 6.45) is 1.73. The van der Waals surface area contributed by atoms with Crippen molar-refractivity contribution in [2.75, 3.05) is 0 Å². The van der Waals surface area contributed by atoms with Crippen molar-refractivity contribution in [3.05, 3.63) is 52.1 Å². The van der Waals surface area contributed by atoms with Gasteiger partial charge in [0.2, 0.25) is 5.88 Å². The lowest BCUT2D eigenvalue weighted by atomic mass is 10.0. The van der Waals surface area contributed by atoms with Crippen molar-refractivity contribution in [1.82, 2.24) is 4.98 Å². The van der Waals surface area contributed by atoms with Crippen molar-refractivity contribution < 1.29 is 4.74 Å². The van der Waals surface area contributed by atoms with E-state index in [2.05, 4.69) is 40.8 Å². The summed E-state index contributed by atoms with van der Waals surface area (Å²) in [5.74, 6) is 2.26. The van der Waals surface area contributed by atoms with Crippen molar-refractivity contribution in [3.63, 3.8) is 0 Å². The normalized spacial score (nSPS) is 10.8. The first kappa shape index (κ1) is 14.4. The first-order valence-electron chi connectivity index (χ1n) is 6.08. The van der Waals surface area contributed by atoms with E-state index in [0.29, 0.717) is 17.7 Å². The summed E-state index contributed by atoms with van der Waals surface area (Å²) >= 11 is 9.22. The van der Waals surface area contributed by atoms with Gasteiger partial charge in [-0.2, -0.15) is 0 Å². The number of hydrogen-bond donors (Lipinski definition) is 0. The van der Waals surface area contributed by atoms with E-state index in [1.165, 1.54) is 0 Å². The van der Waals surface area contributed by atoms with Gasteiger partial charge in [0.1, 0.15) is 5.75 Å². The van der Waals surface area contributed by atoms with Gasteiger partial charge in [0.25, 0.3) is 0 Å². The molecule has 0 fully saturated rings. The van der Waals surface area contributed by atoms with Crippen molar-refractivity contribution in [2.45, 2.75) is 25.6 Å². The highest BCUT2D eigenvalue weighted by Gasteiger charge is 2.10. The molecular formula is C15H15BrClNO. The molecule has 0 atom stereocenters. The fraction of sp³-hybridized carbons (Fsp3) is 0.267. The molecule has 0 N–H and O–H groups in total. The van der Waals surface area contributed by atoms with Crippen LogP contribution in [0.1, 0.15) is 30.9 Å². The third-order valence-corrected chi connectivity index (χ3v) is 3.56. The largest absolute Gasteiger partial charge is 0.439 e. The van der Waals surface area contributed by atoms with Crippen LogP contribution in [0.3, 0.4) is 0 Å². The molecule has 2 nitrogen and oxygen atoms in total. The van der Waals surface area contributed by atoms with E-state index >= 15 is 0 Å². The van der Waals surface area contributed by atoms with Gasteiger partial charge in [0, 0.05) is 22.6 Å². The van der Waals surface area contributed by atoms with Crippen LogP contribution < -0.4 is 4.74 Å². The molecule has 2 aromatic rings. The standard InChI is InChI=1S/C15H15BrClNO/c1-10(2)13-7-12(16)4-5-14(13)19-15-6-3-11(8-17)9-18-15/h3-7,9-10H,8H2,1-2H3. The predicted molar refractivity (Wildman–Crippen MR) is 82.1 cm³/mol. The Balaban J connectivity index is 2.26. The highest BCUT2D eigenvalue weighted by Crippen LogP contribution is 2.32. The van der Waals surface area contributed by atoms with E-state index in [1.807, 2.05) is 24.3 Å². The fourth-order valence-electron chi connectivity index (χ4n) is 1.73. The van der Waals surface area contributed by atoms with E-state index in [1.54, 1.807) is 6.20 Å². The zero-order chi connectivity index (χ0) is 13.8. The van der Waals surface area contributed by atoms with Crippen LogP contribution in [0.2, 0.25) is 0 Å². The van der Waals surface area contributed by atoms with Crippen LogP contribution in [0, 0.1) is 0 Å². The van der Waals surface area contributed by atoms with Gasteiger partial charge in [0.05, 0.1) is 0 Å². The molecule has 19 heavy (non-hydrogen) atoms. The Morgan fingerprint density at radius 2 is 2.05 bits per heavy atom. The van der Waals surface area contributed by atoms with Gasteiger partial charge in [-0.05, 0) is 35.2 Å². The average Bonchev–Trinajstić information content (AvgIpc) is 2.41. The topological polar surface area (TPSA) is 22.1 Å². The Kier molecular flexibility index (Phi) is 4.83. The number of pyridine rings is 1. The summed E-state index contributed by atoms with van der Waals surface area (Å²) in [6, 6.07) is 9.76. The van der Waals surface area contributed by atoms with Crippen LogP contribution in [-0.2, 0) is 5.88 Å². The van der Waals surface area contributed by atoms with Crippen LogP contribution in [0.5, 0.6) is 11.6 Å². The molecule has 0 aliphatic rings. The number of halogens is 2. The van der Waals surface area contributed by atoms with Crippen LogP contribution in [0.15, 0.2) is 41.0 Å². The van der Waals surface area contributed by atoms with E-state index in [4.69, 9.17) is 16.3 Å². The summed E-state index contributed by atoms with van der Waals surface area (Å²) in [7, 11) is 0. The Morgan fingerprint density at radius 3 is 2.63 bits per heavy atom. The minimum absolute atomic E-state index is 0.384. The molecule has 2 rings (SSSR count). The third-order valence-electron chi connectivity index (χ3n) is 2.76. The Hall–Kier alpha value is -1.06. The fourth-order valence-corrected chi connectivity index (χ4v) is 2.26. The monoisotopic (exact) mass is 339 g/mol. The van der Waals surface area contributed by atoms with E-state index in [-0.39, 0.29) is 0 Å². The van der Waals surface area contributed by atoms with Gasteiger partial charge < -0.3 is 4.74 Å². The van der Waals surface area contributed by atoms with Crippen LogP contribution >= 0.6 is 27.5 Å². The van der Waals surface area contributed by atoms with Gasteiger partial charge >= 0.3 is 0 Å². The zero-order valence-corrected chi connectivity index (χ0v) is 13.2. The maximum Gasteiger partial charge on any atom is 0.219 e. The summed E-state index contributed by atoms with van der Waals surface area (Å²) < 4.78 is 6.90. The van der Waals surface area contributed by atoms with Gasteiger partial charge in [-0.3, -0.25) is 0 Å². The number of nitrogens with zero attached hydrogens (tertiary/aromatic N) is 1. The molecule has 1 aromatic carbocycles. The van der Waals surface area contributed by atoms with Crippen molar-refractivity contribution in [1.29, 1.82) is 0 Å². The second-order valence-corrected chi connectivity index (χ2v) is 5.76. The number of hydrogen-bond acceptors (Lipinski definition) is 2. The number of ether oxygens (including phenoxy) is 1. The summed E-state index contributed by atoms with van der Waals surface area (Å²) in [5.41, 5.74) is 2.13. The quantitative estimate of drug-likeness (QED) is 0.686. The molecule has 0 unspecified atom stereocenters. The summed E-state index contributed by atoms with van der Waals surface area (Å²) in [6.45, 7) is 4.28. The smallest absolute Gasteiger partial charge is 0.219 e. The maximum atomic E-state index is 5.85. The molecule has 0 saturated heterocycles. The highest BCUT2D eigenvalue weighted by molar-refractivity contribution is 9.10. The van der Waals surface area contributed by atoms with Crippen molar-refractivity contribution >= 4 is 27.5 Å². The lowest BCUT2D eigenvalue weighted by Crippen LogP contribution is -1.95. The first-order chi connectivity index (χ1) is 9.10. The lowest BCUT2D eigenvalue weighted by molar-refractivity contribution is 0.454. The lowest BCUT2D eigenvalue weighted by Gasteiger charge is -2.13. The SMILES string of the molecule is CC(C)c1cc(Br)ccc1Oc1ccc(CCl)cn1. The van der Waals surface area contributed by atoms with Crippen molar-refractivity contribution in [3.8, 4) is 11.6 Å². The molecule has 0 saturated carbocycles. The second-order valence-electron chi connectivity index (χ2n) is 4.58. The molecule has 100 valence electrons. The molecule has 0 bridgehead atoms. The highest BCUT2D eigenvalue weighted by atomic mass is 79.9. The summed E-state index contributed by atoms with van der Waals surface area (Å²) in [4.78, 5) is 4.25. The molecule has 0 radical (unpaired) electrons. The molecule has 0 aliphatic heterocycles. The van der Waals surface area contributed by atoms with Gasteiger partial charge in [0.15, 0.2) is 0 Å². The number of alkyl halides is 1. The van der Waals surface area contributed by atoms with Gasteiger partial charge in [-0.1, -0.05) is 35.8 Å². The second kappa shape index (κ2) is 6.40. The average molecular weight is 341 g/mol. The molecule has 1 aromatic heterocycles. The third kappa shape index (κ3) is 3.71. The first-order valence-corrected chi connectivity index (χ1v) is 7.41. The summed E-state index contributed by atoms with van der Waals surface area (Å²) in [5, 5.41) is 0. The molecule has 4 heteroatoms. The Bertz CT molecular complexity index is 555. The van der Waals surface area contributed by atoms with E-state index < -0.39 is 0 Å². The molecular weight excluding hydrogens is 326 g/mol. The van der Waals surface area contributed by atoms with Gasteiger partial charge in [-0.25, -0.2) is 4.98 Å². The number of aromatic nitrogens is 1. The maximum absolute atomic E-state index is 5.85. The Labute approximate surface area is 126 Å². The van der Waals surface area contributed by atoms with Crippen LogP contribution in [0.25, 0.3) is 0 Å². The molecule has 1 heterocycles. The minimum atomic E-state index is 0.384. The minimum Gasteiger partial charge on any atom is -0.439 e. The van der Waals surface area contributed by atoms with Gasteiger partial charge in [-0.15, -0.1) is 11.6 Å². The molecule has 0 aliphatic carbocycles. The number of rotatable bonds is 4. The van der Waals surface area contributed by atoms with Crippen molar-refractivity contribution in [2.24, 2.45) is 0 Å². The van der Waals surface area contributed by atoms with E-state index in [0.717, 1.165) is 21.3 Å². The Morgan fingerprint density at radius 1 is 1.26 bits per heavy atom. The van der Waals surface area contributed by atoms with Crippen LogP contribution in [-0.4, -0.2) is 4.98 Å². The van der Waals surface area contributed by atoms with E-state index in [9.17, 15) is 0 Å². The number of benzene rings is 1. The van der Waals surface area contributed by atoms with Crippen LogP contribution in [0.4, 0.5) is 0 Å². The predicted octanol–water partition coefficient (Wildman–Crippen LogP) is 5.50. The molecule has 0 amide bonds. The molecule has 0 spiro atoms.